The van der Waals surface area contributed by atoms with E-state index in [1.165, 1.54) is 11.3 Å². The molecule has 0 bridgehead atoms. The minimum Gasteiger partial charge on any atom is -0.483 e. The van der Waals surface area contributed by atoms with Crippen molar-refractivity contribution in [2.45, 2.75) is 26.6 Å². The number of ether oxygens (including phenoxy) is 2. The molecule has 2 aromatic carbocycles. The summed E-state index contributed by atoms with van der Waals surface area (Å²) in [5.74, 6) is -4.00. The third kappa shape index (κ3) is 4.99. The molecule has 0 saturated carbocycles. The van der Waals surface area contributed by atoms with Gasteiger partial charge in [-0.2, -0.15) is 0 Å². The molecule has 3 aromatic rings. The number of halogens is 3. The van der Waals surface area contributed by atoms with E-state index in [1.54, 1.807) is 37.4 Å². The van der Waals surface area contributed by atoms with Crippen molar-refractivity contribution in [2.75, 3.05) is 0 Å². The number of nitrogens with one attached hydrogen (secondary N) is 1. The topological polar surface area (TPSA) is 77.5 Å². The molecule has 29 heavy (non-hydrogen) atoms. The number of fused-ring (bicyclic) bond motifs is 1. The van der Waals surface area contributed by atoms with Crippen molar-refractivity contribution >= 4 is 45.2 Å². The Bertz CT molecular complexity index is 1090. The number of thiazole rings is 1. The zero-order valence-corrected chi connectivity index (χ0v) is 16.9. The minimum atomic E-state index is -1.27. The summed E-state index contributed by atoms with van der Waals surface area (Å²) in [6.07, 6.45) is -1.61. The van der Waals surface area contributed by atoms with Crippen LogP contribution in [0.4, 0.5) is 13.6 Å². The Morgan fingerprint density at radius 3 is 2.72 bits per heavy atom. The highest BCUT2D eigenvalue weighted by molar-refractivity contribution is 7.18. The molecule has 0 radical (unpaired) electrons. The second-order valence-electron chi connectivity index (χ2n) is 6.15. The fourth-order valence-corrected chi connectivity index (χ4v) is 3.56. The van der Waals surface area contributed by atoms with Crippen molar-refractivity contribution in [1.29, 1.82) is 0 Å². The number of nitrogens with zero attached hydrogens (tertiary/aromatic N) is 1. The van der Waals surface area contributed by atoms with Gasteiger partial charge in [-0.05, 0) is 44.2 Å². The van der Waals surface area contributed by atoms with Gasteiger partial charge in [0.05, 0.1) is 16.3 Å². The second kappa shape index (κ2) is 8.71. The van der Waals surface area contributed by atoms with Crippen LogP contribution in [0, 0.1) is 11.6 Å². The average molecular weight is 441 g/mol. The van der Waals surface area contributed by atoms with E-state index in [0.29, 0.717) is 15.5 Å². The first kappa shape index (κ1) is 20.9. The van der Waals surface area contributed by atoms with Crippen molar-refractivity contribution in [1.82, 2.24) is 10.3 Å². The number of benzene rings is 2. The first-order valence-electron chi connectivity index (χ1n) is 8.42. The lowest BCUT2D eigenvalue weighted by atomic mass is 10.1. The summed E-state index contributed by atoms with van der Waals surface area (Å²) >= 11 is 7.25. The van der Waals surface area contributed by atoms with Crippen LogP contribution >= 0.6 is 22.9 Å². The smallest absolute Gasteiger partial charge is 0.414 e. The van der Waals surface area contributed by atoms with Crippen LogP contribution in [0.3, 0.4) is 0 Å². The molecule has 0 spiro atoms. The van der Waals surface area contributed by atoms with E-state index >= 15 is 0 Å². The van der Waals surface area contributed by atoms with Crippen LogP contribution < -0.4 is 10.1 Å². The van der Waals surface area contributed by atoms with Crippen LogP contribution in [-0.4, -0.2) is 23.1 Å². The number of carbonyl (C=O) groups is 2. The SMILES string of the molecule is CC(C)OC(=O)NC(=O)c1c(F)ccc(OCc2nc3ccc(Cl)cc3s2)c1F. The first-order chi connectivity index (χ1) is 13.7. The lowest BCUT2D eigenvalue weighted by Crippen LogP contribution is -2.33. The van der Waals surface area contributed by atoms with Gasteiger partial charge in [0.15, 0.2) is 11.6 Å². The third-order valence-electron chi connectivity index (χ3n) is 3.59. The Balaban J connectivity index is 1.76. The van der Waals surface area contributed by atoms with Crippen LogP contribution in [0.1, 0.15) is 29.2 Å². The second-order valence-corrected chi connectivity index (χ2v) is 7.70. The summed E-state index contributed by atoms with van der Waals surface area (Å²) < 4.78 is 39.6. The molecular weight excluding hydrogens is 426 g/mol. The molecule has 0 aliphatic rings. The molecule has 2 amide bonds. The highest BCUT2D eigenvalue weighted by atomic mass is 35.5. The number of amides is 2. The fraction of sp³-hybridized carbons (Fsp3) is 0.211. The normalized spacial score (nSPS) is 11.0. The molecule has 6 nitrogen and oxygen atoms in total. The van der Waals surface area contributed by atoms with Crippen molar-refractivity contribution in [3.63, 3.8) is 0 Å². The minimum absolute atomic E-state index is 0.101. The molecule has 0 fully saturated rings. The van der Waals surface area contributed by atoms with Gasteiger partial charge in [-0.1, -0.05) is 11.6 Å². The molecule has 0 unspecified atom stereocenters. The molecule has 0 aliphatic carbocycles. The molecule has 10 heteroatoms. The van der Waals surface area contributed by atoms with Gasteiger partial charge >= 0.3 is 6.09 Å². The summed E-state index contributed by atoms with van der Waals surface area (Å²) in [5, 5.41) is 2.87. The average Bonchev–Trinajstić information content (AvgIpc) is 3.02. The first-order valence-corrected chi connectivity index (χ1v) is 9.61. The van der Waals surface area contributed by atoms with E-state index in [9.17, 15) is 18.4 Å². The summed E-state index contributed by atoms with van der Waals surface area (Å²) in [5.41, 5.74) is -0.236. The van der Waals surface area contributed by atoms with Crippen molar-refractivity contribution < 1.29 is 27.8 Å². The Morgan fingerprint density at radius 2 is 2.00 bits per heavy atom. The largest absolute Gasteiger partial charge is 0.483 e. The summed E-state index contributed by atoms with van der Waals surface area (Å²) in [6, 6.07) is 7.12. The van der Waals surface area contributed by atoms with Crippen LogP contribution in [-0.2, 0) is 11.3 Å². The highest BCUT2D eigenvalue weighted by Gasteiger charge is 2.24. The van der Waals surface area contributed by atoms with Crippen LogP contribution in [0.2, 0.25) is 5.02 Å². The quantitative estimate of drug-likeness (QED) is 0.598. The van der Waals surface area contributed by atoms with E-state index in [1.807, 2.05) is 0 Å². The maximum atomic E-state index is 14.6. The number of imide groups is 1. The van der Waals surface area contributed by atoms with E-state index in [-0.39, 0.29) is 12.4 Å². The summed E-state index contributed by atoms with van der Waals surface area (Å²) in [4.78, 5) is 27.9. The number of hydrogen-bond donors (Lipinski definition) is 1. The fourth-order valence-electron chi connectivity index (χ4n) is 2.40. The van der Waals surface area contributed by atoms with Crippen molar-refractivity contribution in [2.24, 2.45) is 0 Å². The Morgan fingerprint density at radius 1 is 1.24 bits per heavy atom. The van der Waals surface area contributed by atoms with Gasteiger partial charge in [0.2, 0.25) is 0 Å². The third-order valence-corrected chi connectivity index (χ3v) is 4.81. The zero-order valence-electron chi connectivity index (χ0n) is 15.3. The Labute approximate surface area is 173 Å². The summed E-state index contributed by atoms with van der Waals surface area (Å²) in [6.45, 7) is 3.03. The predicted molar refractivity (Wildman–Crippen MR) is 104 cm³/mol. The Kier molecular flexibility index (Phi) is 6.29. The number of aromatic nitrogens is 1. The number of alkyl carbamates (subject to hydrolysis) is 1. The number of hydrogen-bond acceptors (Lipinski definition) is 6. The van der Waals surface area contributed by atoms with E-state index < -0.39 is 35.3 Å². The van der Waals surface area contributed by atoms with Crippen LogP contribution in [0.15, 0.2) is 30.3 Å². The zero-order chi connectivity index (χ0) is 21.1. The van der Waals surface area contributed by atoms with Gasteiger partial charge in [-0.25, -0.2) is 18.6 Å². The lowest BCUT2D eigenvalue weighted by molar-refractivity contribution is 0.0868. The van der Waals surface area contributed by atoms with Crippen molar-refractivity contribution in [3.8, 4) is 5.75 Å². The molecule has 152 valence electrons. The van der Waals surface area contributed by atoms with E-state index in [0.717, 1.165) is 16.8 Å². The Hall–Kier alpha value is -2.78. The lowest BCUT2D eigenvalue weighted by Gasteiger charge is -2.11. The van der Waals surface area contributed by atoms with Gasteiger partial charge in [0, 0.05) is 5.02 Å². The van der Waals surface area contributed by atoms with Gasteiger partial charge < -0.3 is 9.47 Å². The molecule has 1 N–H and O–H groups in total. The number of rotatable bonds is 5. The molecule has 0 saturated heterocycles. The van der Waals surface area contributed by atoms with E-state index in [2.05, 4.69) is 4.98 Å². The van der Waals surface area contributed by atoms with Gasteiger partial charge in [0.25, 0.3) is 5.91 Å². The molecule has 1 aromatic heterocycles. The molecule has 0 aliphatic heterocycles. The van der Waals surface area contributed by atoms with Crippen LogP contribution in [0.5, 0.6) is 5.75 Å². The van der Waals surface area contributed by atoms with Gasteiger partial charge in [-0.3, -0.25) is 10.1 Å². The van der Waals surface area contributed by atoms with Crippen LogP contribution in [0.25, 0.3) is 10.2 Å². The monoisotopic (exact) mass is 440 g/mol. The maximum absolute atomic E-state index is 14.6. The van der Waals surface area contributed by atoms with E-state index in [4.69, 9.17) is 21.1 Å². The predicted octanol–water partition coefficient (Wildman–Crippen LogP) is 5.08. The van der Waals surface area contributed by atoms with Gasteiger partial charge in [-0.15, -0.1) is 11.3 Å². The molecular formula is C19H15ClF2N2O4S. The standard InChI is InChI=1S/C19H15ClF2N2O4S/c1-9(2)28-19(26)24-18(25)16-11(21)4-6-13(17(16)22)27-8-15-23-12-5-3-10(20)7-14(12)29-15/h3-7,9H,8H2,1-2H3,(H,24,25,26). The van der Waals surface area contributed by atoms with Gasteiger partial charge in [0.1, 0.15) is 23.0 Å². The molecule has 0 atom stereocenters. The van der Waals surface area contributed by atoms with Crippen molar-refractivity contribution in [3.05, 3.63) is 57.6 Å². The molecule has 1 heterocycles. The highest BCUT2D eigenvalue weighted by Crippen LogP contribution is 2.28. The summed E-state index contributed by atoms with van der Waals surface area (Å²) in [7, 11) is 0. The number of carbonyl (C=O) groups excluding carboxylic acids is 2. The molecule has 3 rings (SSSR count). The maximum Gasteiger partial charge on any atom is 0.414 e.